The predicted octanol–water partition coefficient (Wildman–Crippen LogP) is 1.67. The third-order valence-electron chi connectivity index (χ3n) is 3.69. The first kappa shape index (κ1) is 13.3. The SMILES string of the molecule is C[C@H](O)c1ccc(N2CCCC(N(C)C)C2)cn1. The molecular weight excluding hydrogens is 226 g/mol. The van der Waals surface area contributed by atoms with Crippen molar-refractivity contribution in [1.82, 2.24) is 9.88 Å². The van der Waals surface area contributed by atoms with Crippen molar-refractivity contribution in [3.8, 4) is 0 Å². The zero-order chi connectivity index (χ0) is 13.1. The monoisotopic (exact) mass is 249 g/mol. The van der Waals surface area contributed by atoms with E-state index in [0.717, 1.165) is 24.5 Å². The van der Waals surface area contributed by atoms with Gasteiger partial charge >= 0.3 is 0 Å². The fraction of sp³-hybridized carbons (Fsp3) is 0.643. The molecule has 1 aliphatic heterocycles. The second-order valence-electron chi connectivity index (χ2n) is 5.32. The summed E-state index contributed by atoms with van der Waals surface area (Å²) >= 11 is 0. The Balaban J connectivity index is 2.06. The van der Waals surface area contributed by atoms with Crippen LogP contribution in [0.1, 0.15) is 31.6 Å². The number of aromatic nitrogens is 1. The maximum absolute atomic E-state index is 9.46. The molecule has 0 aromatic carbocycles. The third kappa shape index (κ3) is 3.00. The number of likely N-dealkylation sites (N-methyl/N-ethyl adjacent to an activating group) is 1. The summed E-state index contributed by atoms with van der Waals surface area (Å²) in [6.45, 7) is 3.90. The van der Waals surface area contributed by atoms with E-state index < -0.39 is 6.10 Å². The molecule has 4 heteroatoms. The molecule has 0 radical (unpaired) electrons. The van der Waals surface area contributed by atoms with E-state index in [4.69, 9.17) is 0 Å². The molecule has 2 heterocycles. The van der Waals surface area contributed by atoms with Crippen LogP contribution in [-0.2, 0) is 0 Å². The molecule has 1 aliphatic rings. The molecule has 0 aliphatic carbocycles. The Bertz CT molecular complexity index is 375. The quantitative estimate of drug-likeness (QED) is 0.884. The molecule has 1 unspecified atom stereocenters. The topological polar surface area (TPSA) is 39.6 Å². The molecular formula is C14H23N3O. The summed E-state index contributed by atoms with van der Waals surface area (Å²) in [7, 11) is 4.28. The molecule has 18 heavy (non-hydrogen) atoms. The van der Waals surface area contributed by atoms with Crippen LogP contribution < -0.4 is 4.90 Å². The molecule has 1 fully saturated rings. The standard InChI is InChI=1S/C14H23N3O/c1-11(18)14-7-6-12(9-15-14)17-8-4-5-13(10-17)16(2)3/h6-7,9,11,13,18H,4-5,8,10H2,1-3H3/t11-,13?/m0/s1. The van der Waals surface area contributed by atoms with Crippen molar-refractivity contribution >= 4 is 5.69 Å². The average Bonchev–Trinajstić information content (AvgIpc) is 2.39. The molecule has 1 aromatic heterocycles. The second-order valence-corrected chi connectivity index (χ2v) is 5.32. The van der Waals surface area contributed by atoms with E-state index in [2.05, 4.69) is 34.9 Å². The van der Waals surface area contributed by atoms with Gasteiger partial charge in [-0.1, -0.05) is 0 Å². The summed E-state index contributed by atoms with van der Waals surface area (Å²) in [4.78, 5) is 9.00. The number of piperidine rings is 1. The van der Waals surface area contributed by atoms with E-state index >= 15 is 0 Å². The number of hydrogen-bond acceptors (Lipinski definition) is 4. The minimum atomic E-state index is -0.491. The van der Waals surface area contributed by atoms with Crippen LogP contribution in [0.25, 0.3) is 0 Å². The van der Waals surface area contributed by atoms with Crippen molar-refractivity contribution in [2.45, 2.75) is 31.9 Å². The van der Waals surface area contributed by atoms with Gasteiger partial charge in [-0.3, -0.25) is 4.98 Å². The van der Waals surface area contributed by atoms with Crippen LogP contribution in [0.4, 0.5) is 5.69 Å². The fourth-order valence-corrected chi connectivity index (χ4v) is 2.44. The van der Waals surface area contributed by atoms with Gasteiger partial charge in [0.15, 0.2) is 0 Å². The number of anilines is 1. The Labute approximate surface area is 109 Å². The maximum Gasteiger partial charge on any atom is 0.0931 e. The summed E-state index contributed by atoms with van der Waals surface area (Å²) in [5.41, 5.74) is 1.89. The minimum Gasteiger partial charge on any atom is -0.387 e. The summed E-state index contributed by atoms with van der Waals surface area (Å²) in [6.07, 6.45) is 3.87. The van der Waals surface area contributed by atoms with E-state index in [1.165, 1.54) is 12.8 Å². The first-order chi connectivity index (χ1) is 8.58. The Kier molecular flexibility index (Phi) is 4.19. The van der Waals surface area contributed by atoms with Crippen LogP contribution >= 0.6 is 0 Å². The predicted molar refractivity (Wildman–Crippen MR) is 73.8 cm³/mol. The highest BCUT2D eigenvalue weighted by Crippen LogP contribution is 2.22. The first-order valence-corrected chi connectivity index (χ1v) is 6.63. The molecule has 0 bridgehead atoms. The van der Waals surface area contributed by atoms with E-state index in [-0.39, 0.29) is 0 Å². The number of hydrogen-bond donors (Lipinski definition) is 1. The van der Waals surface area contributed by atoms with Crippen LogP contribution in [-0.4, -0.2) is 48.2 Å². The van der Waals surface area contributed by atoms with Gasteiger partial charge in [0, 0.05) is 19.1 Å². The summed E-state index contributed by atoms with van der Waals surface area (Å²) in [5, 5.41) is 9.46. The number of nitrogens with zero attached hydrogens (tertiary/aromatic N) is 3. The highest BCUT2D eigenvalue weighted by molar-refractivity contribution is 5.45. The van der Waals surface area contributed by atoms with Crippen molar-refractivity contribution in [2.75, 3.05) is 32.1 Å². The van der Waals surface area contributed by atoms with Crippen LogP contribution in [0, 0.1) is 0 Å². The zero-order valence-electron chi connectivity index (χ0n) is 11.5. The van der Waals surface area contributed by atoms with Crippen molar-refractivity contribution in [3.05, 3.63) is 24.0 Å². The maximum atomic E-state index is 9.46. The molecule has 1 N–H and O–H groups in total. The van der Waals surface area contributed by atoms with Crippen LogP contribution in [0.5, 0.6) is 0 Å². The molecule has 1 saturated heterocycles. The molecule has 0 saturated carbocycles. The molecule has 4 nitrogen and oxygen atoms in total. The van der Waals surface area contributed by atoms with Gasteiger partial charge in [0.1, 0.15) is 0 Å². The van der Waals surface area contributed by atoms with Crippen molar-refractivity contribution < 1.29 is 5.11 Å². The smallest absolute Gasteiger partial charge is 0.0931 e. The molecule has 1 aromatic rings. The fourth-order valence-electron chi connectivity index (χ4n) is 2.44. The van der Waals surface area contributed by atoms with Gasteiger partial charge in [0.2, 0.25) is 0 Å². The Morgan fingerprint density at radius 1 is 1.44 bits per heavy atom. The van der Waals surface area contributed by atoms with E-state index in [1.54, 1.807) is 6.92 Å². The van der Waals surface area contributed by atoms with Gasteiger partial charge in [-0.05, 0) is 46.0 Å². The van der Waals surface area contributed by atoms with Crippen molar-refractivity contribution in [1.29, 1.82) is 0 Å². The highest BCUT2D eigenvalue weighted by Gasteiger charge is 2.21. The van der Waals surface area contributed by atoms with Gasteiger partial charge in [0.05, 0.1) is 23.7 Å². The lowest BCUT2D eigenvalue weighted by atomic mass is 10.0. The number of rotatable bonds is 3. The molecule has 2 atom stereocenters. The average molecular weight is 249 g/mol. The number of aliphatic hydroxyl groups is 1. The third-order valence-corrected chi connectivity index (χ3v) is 3.69. The first-order valence-electron chi connectivity index (χ1n) is 6.63. The van der Waals surface area contributed by atoms with Gasteiger partial charge < -0.3 is 14.9 Å². The van der Waals surface area contributed by atoms with Crippen LogP contribution in [0.15, 0.2) is 18.3 Å². The van der Waals surface area contributed by atoms with Crippen LogP contribution in [0.3, 0.4) is 0 Å². The molecule has 0 spiro atoms. The normalized spacial score (nSPS) is 22.3. The van der Waals surface area contributed by atoms with Gasteiger partial charge in [0.25, 0.3) is 0 Å². The lowest BCUT2D eigenvalue weighted by Gasteiger charge is -2.37. The Hall–Kier alpha value is -1.13. The molecule has 0 amide bonds. The largest absolute Gasteiger partial charge is 0.387 e. The lowest BCUT2D eigenvalue weighted by Crippen LogP contribution is -2.45. The molecule has 100 valence electrons. The van der Waals surface area contributed by atoms with Crippen molar-refractivity contribution in [2.24, 2.45) is 0 Å². The number of aliphatic hydroxyl groups excluding tert-OH is 1. The van der Waals surface area contributed by atoms with Gasteiger partial charge in [-0.25, -0.2) is 0 Å². The van der Waals surface area contributed by atoms with Crippen molar-refractivity contribution in [3.63, 3.8) is 0 Å². The summed E-state index contributed by atoms with van der Waals surface area (Å²) in [5.74, 6) is 0. The summed E-state index contributed by atoms with van der Waals surface area (Å²) < 4.78 is 0. The van der Waals surface area contributed by atoms with E-state index in [9.17, 15) is 5.11 Å². The van der Waals surface area contributed by atoms with Crippen LogP contribution in [0.2, 0.25) is 0 Å². The summed E-state index contributed by atoms with van der Waals surface area (Å²) in [6, 6.07) is 4.60. The zero-order valence-corrected chi connectivity index (χ0v) is 11.5. The lowest BCUT2D eigenvalue weighted by molar-refractivity contribution is 0.194. The minimum absolute atomic E-state index is 0.491. The highest BCUT2D eigenvalue weighted by atomic mass is 16.3. The molecule has 2 rings (SSSR count). The van der Waals surface area contributed by atoms with E-state index in [0.29, 0.717) is 6.04 Å². The Morgan fingerprint density at radius 2 is 2.22 bits per heavy atom. The number of pyridine rings is 1. The Morgan fingerprint density at radius 3 is 2.78 bits per heavy atom. The van der Waals surface area contributed by atoms with Gasteiger partial charge in [-0.2, -0.15) is 0 Å². The van der Waals surface area contributed by atoms with E-state index in [1.807, 2.05) is 12.3 Å². The van der Waals surface area contributed by atoms with Gasteiger partial charge in [-0.15, -0.1) is 0 Å². The second kappa shape index (κ2) is 5.67.